The van der Waals surface area contributed by atoms with Gasteiger partial charge in [0, 0.05) is 19.3 Å². The Kier molecular flexibility index (Phi) is 3.22. The topological polar surface area (TPSA) is 99.6 Å². The van der Waals surface area contributed by atoms with E-state index in [1.165, 1.54) is 23.2 Å². The van der Waals surface area contributed by atoms with Gasteiger partial charge in [0.1, 0.15) is 5.69 Å². The van der Waals surface area contributed by atoms with Gasteiger partial charge < -0.3 is 15.3 Å². The molecule has 7 heteroatoms. The Morgan fingerprint density at radius 1 is 1.39 bits per heavy atom. The highest BCUT2D eigenvalue weighted by Crippen LogP contribution is 2.06. The van der Waals surface area contributed by atoms with Crippen LogP contribution in [0.2, 0.25) is 0 Å². The minimum absolute atomic E-state index is 0.0134. The molecule has 7 nitrogen and oxygen atoms in total. The molecule has 1 aromatic rings. The van der Waals surface area contributed by atoms with Gasteiger partial charge in [-0.3, -0.25) is 9.59 Å². The average Bonchev–Trinajstić information content (AvgIpc) is 2.38. The maximum atomic E-state index is 12.0. The Balaban J connectivity index is 2.13. The van der Waals surface area contributed by atoms with Crippen molar-refractivity contribution in [2.45, 2.75) is 0 Å². The summed E-state index contributed by atoms with van der Waals surface area (Å²) < 4.78 is 0. The summed E-state index contributed by atoms with van der Waals surface area (Å²) >= 11 is 0. The smallest absolute Gasteiger partial charge is 0.354 e. The van der Waals surface area contributed by atoms with Crippen molar-refractivity contribution in [3.05, 3.63) is 29.6 Å². The number of carboxylic acid groups (broad SMARTS) is 1. The van der Waals surface area contributed by atoms with E-state index in [-0.39, 0.29) is 29.6 Å². The maximum Gasteiger partial charge on any atom is 0.354 e. The number of carboxylic acids is 1. The minimum Gasteiger partial charge on any atom is -0.477 e. The highest BCUT2D eigenvalue weighted by molar-refractivity contribution is 5.97. The van der Waals surface area contributed by atoms with Gasteiger partial charge in [-0.25, -0.2) is 9.78 Å². The molecule has 0 aliphatic carbocycles. The van der Waals surface area contributed by atoms with Gasteiger partial charge in [-0.15, -0.1) is 0 Å². The Morgan fingerprint density at radius 3 is 2.72 bits per heavy atom. The number of aromatic carboxylic acids is 1. The molecule has 18 heavy (non-hydrogen) atoms. The van der Waals surface area contributed by atoms with E-state index in [1.807, 2.05) is 0 Å². The van der Waals surface area contributed by atoms with E-state index in [0.29, 0.717) is 13.1 Å². The molecule has 0 atom stereocenters. The van der Waals surface area contributed by atoms with Gasteiger partial charge in [0.2, 0.25) is 5.91 Å². The molecule has 1 fully saturated rings. The first-order chi connectivity index (χ1) is 8.58. The lowest BCUT2D eigenvalue weighted by Crippen LogP contribution is -2.50. The first kappa shape index (κ1) is 12.0. The van der Waals surface area contributed by atoms with Gasteiger partial charge in [0.25, 0.3) is 5.91 Å². The molecular weight excluding hydrogens is 238 g/mol. The number of carbonyl (C=O) groups excluding carboxylic acids is 2. The maximum absolute atomic E-state index is 12.0. The third kappa shape index (κ3) is 2.45. The number of rotatable bonds is 2. The van der Waals surface area contributed by atoms with Gasteiger partial charge >= 0.3 is 5.97 Å². The fourth-order valence-electron chi connectivity index (χ4n) is 1.64. The highest BCUT2D eigenvalue weighted by Gasteiger charge is 2.22. The molecule has 1 aliphatic heterocycles. The lowest BCUT2D eigenvalue weighted by Gasteiger charge is -2.26. The highest BCUT2D eigenvalue weighted by atomic mass is 16.4. The molecule has 2 heterocycles. The first-order valence-electron chi connectivity index (χ1n) is 5.33. The van der Waals surface area contributed by atoms with Crippen LogP contribution >= 0.6 is 0 Å². The summed E-state index contributed by atoms with van der Waals surface area (Å²) in [6.45, 7) is 0.871. The van der Waals surface area contributed by atoms with Gasteiger partial charge in [-0.05, 0) is 12.1 Å². The molecule has 0 aromatic carbocycles. The second-order valence-corrected chi connectivity index (χ2v) is 3.81. The van der Waals surface area contributed by atoms with Gasteiger partial charge in [0.15, 0.2) is 0 Å². The third-order valence-electron chi connectivity index (χ3n) is 2.56. The second-order valence-electron chi connectivity index (χ2n) is 3.81. The van der Waals surface area contributed by atoms with Crippen LogP contribution in [0, 0.1) is 0 Å². The van der Waals surface area contributed by atoms with Crippen LogP contribution in [0.4, 0.5) is 0 Å². The molecule has 2 rings (SSSR count). The van der Waals surface area contributed by atoms with Crippen LogP contribution in [0.5, 0.6) is 0 Å². The Hall–Kier alpha value is -2.44. The Labute approximate surface area is 102 Å². The van der Waals surface area contributed by atoms with Crippen molar-refractivity contribution in [2.75, 3.05) is 19.6 Å². The van der Waals surface area contributed by atoms with Crippen molar-refractivity contribution in [1.82, 2.24) is 15.2 Å². The quantitative estimate of drug-likeness (QED) is 0.725. The SMILES string of the molecule is O=C1CN(C(=O)c2ccc(C(=O)O)nc2)CCN1. The van der Waals surface area contributed by atoms with E-state index in [0.717, 1.165) is 0 Å². The lowest BCUT2D eigenvalue weighted by molar-refractivity contribution is -0.123. The van der Waals surface area contributed by atoms with Crippen LogP contribution in [0.3, 0.4) is 0 Å². The summed E-state index contributed by atoms with van der Waals surface area (Å²) in [5.74, 6) is -1.68. The van der Waals surface area contributed by atoms with Gasteiger partial charge in [-0.2, -0.15) is 0 Å². The number of hydrogen-bond acceptors (Lipinski definition) is 4. The average molecular weight is 249 g/mol. The number of pyridine rings is 1. The van der Waals surface area contributed by atoms with Crippen LogP contribution in [0.1, 0.15) is 20.8 Å². The Morgan fingerprint density at radius 2 is 2.17 bits per heavy atom. The van der Waals surface area contributed by atoms with Gasteiger partial charge in [-0.1, -0.05) is 0 Å². The molecule has 94 valence electrons. The zero-order valence-corrected chi connectivity index (χ0v) is 9.42. The van der Waals surface area contributed by atoms with E-state index in [2.05, 4.69) is 10.3 Å². The largest absolute Gasteiger partial charge is 0.477 e. The number of aromatic nitrogens is 1. The predicted octanol–water partition coefficient (Wildman–Crippen LogP) is -0.648. The number of piperazine rings is 1. The summed E-state index contributed by atoms with van der Waals surface area (Å²) in [6, 6.07) is 2.66. The van der Waals surface area contributed by atoms with Gasteiger partial charge in [0.05, 0.1) is 12.1 Å². The molecule has 2 N–H and O–H groups in total. The monoisotopic (exact) mass is 249 g/mol. The summed E-state index contributed by atoms with van der Waals surface area (Å²) in [6.07, 6.45) is 1.21. The van der Waals surface area contributed by atoms with Crippen molar-refractivity contribution < 1.29 is 19.5 Å². The molecule has 0 bridgehead atoms. The van der Waals surface area contributed by atoms with Crippen LogP contribution in [0.15, 0.2) is 18.3 Å². The molecule has 0 saturated carbocycles. The summed E-state index contributed by atoms with van der Waals surface area (Å²) in [5, 5.41) is 11.3. The molecule has 1 aromatic heterocycles. The fourth-order valence-corrected chi connectivity index (χ4v) is 1.64. The molecule has 0 unspecified atom stereocenters. The standard InChI is InChI=1S/C11H11N3O4/c15-9-6-14(4-3-12-9)10(16)7-1-2-8(11(17)18)13-5-7/h1-2,5H,3-4,6H2,(H,12,15)(H,17,18). The van der Waals surface area contributed by atoms with Crippen LogP contribution in [-0.4, -0.2) is 52.4 Å². The van der Waals surface area contributed by atoms with E-state index in [1.54, 1.807) is 0 Å². The number of nitrogens with zero attached hydrogens (tertiary/aromatic N) is 2. The van der Waals surface area contributed by atoms with Crippen LogP contribution < -0.4 is 5.32 Å². The Bertz CT molecular complexity index is 498. The molecule has 2 amide bonds. The lowest BCUT2D eigenvalue weighted by atomic mass is 10.2. The minimum atomic E-state index is -1.15. The number of amides is 2. The normalized spacial score (nSPS) is 15.1. The zero-order valence-electron chi connectivity index (χ0n) is 9.42. The number of carbonyl (C=O) groups is 3. The summed E-state index contributed by atoms with van der Waals surface area (Å²) in [7, 11) is 0. The van der Waals surface area contributed by atoms with Crippen molar-refractivity contribution in [3.63, 3.8) is 0 Å². The van der Waals surface area contributed by atoms with E-state index in [9.17, 15) is 14.4 Å². The molecule has 1 saturated heterocycles. The van der Waals surface area contributed by atoms with E-state index >= 15 is 0 Å². The zero-order chi connectivity index (χ0) is 13.1. The van der Waals surface area contributed by atoms with Crippen LogP contribution in [0.25, 0.3) is 0 Å². The first-order valence-corrected chi connectivity index (χ1v) is 5.33. The molecule has 0 spiro atoms. The number of hydrogen-bond donors (Lipinski definition) is 2. The van der Waals surface area contributed by atoms with E-state index in [4.69, 9.17) is 5.11 Å². The number of nitrogens with one attached hydrogen (secondary N) is 1. The second kappa shape index (κ2) is 4.82. The summed E-state index contributed by atoms with van der Waals surface area (Å²) in [4.78, 5) is 38.8. The molecular formula is C11H11N3O4. The van der Waals surface area contributed by atoms with Crippen molar-refractivity contribution >= 4 is 17.8 Å². The van der Waals surface area contributed by atoms with Crippen molar-refractivity contribution in [2.24, 2.45) is 0 Å². The fraction of sp³-hybridized carbons (Fsp3) is 0.273. The summed E-state index contributed by atoms with van der Waals surface area (Å²) in [5.41, 5.74) is 0.151. The molecule has 1 aliphatic rings. The third-order valence-corrected chi connectivity index (χ3v) is 2.56. The molecule has 0 radical (unpaired) electrons. The van der Waals surface area contributed by atoms with Crippen LogP contribution in [-0.2, 0) is 4.79 Å². The van der Waals surface area contributed by atoms with Crippen molar-refractivity contribution in [3.8, 4) is 0 Å². The van der Waals surface area contributed by atoms with Crippen molar-refractivity contribution in [1.29, 1.82) is 0 Å². The van der Waals surface area contributed by atoms with E-state index < -0.39 is 5.97 Å². The predicted molar refractivity (Wildman–Crippen MR) is 60.1 cm³/mol.